The van der Waals surface area contributed by atoms with Crippen molar-refractivity contribution in [2.24, 2.45) is 0 Å². The summed E-state index contributed by atoms with van der Waals surface area (Å²) in [5.41, 5.74) is 1.76. The fourth-order valence-electron chi connectivity index (χ4n) is 5.34. The van der Waals surface area contributed by atoms with Crippen LogP contribution in [0.3, 0.4) is 0 Å². The summed E-state index contributed by atoms with van der Waals surface area (Å²) in [6, 6.07) is 23.0. The van der Waals surface area contributed by atoms with Gasteiger partial charge in [0.05, 0.1) is 12.6 Å². The first-order valence-corrected chi connectivity index (χ1v) is 14.1. The molecule has 38 heavy (non-hydrogen) atoms. The molecule has 0 spiro atoms. The molecule has 2 aliphatic rings. The normalized spacial score (nSPS) is 20.2. The average molecular weight is 617 g/mol. The van der Waals surface area contributed by atoms with Crippen LogP contribution in [-0.2, 0) is 15.2 Å². The van der Waals surface area contributed by atoms with Crippen LogP contribution in [0.5, 0.6) is 0 Å². The molecule has 1 atom stereocenters. The first-order valence-electron chi connectivity index (χ1n) is 12.6. The summed E-state index contributed by atoms with van der Waals surface area (Å²) in [7, 11) is 0. The van der Waals surface area contributed by atoms with Gasteiger partial charge in [0.1, 0.15) is 5.60 Å². The van der Waals surface area contributed by atoms with Crippen LogP contribution in [0, 0.1) is 0 Å². The number of benzene rings is 3. The van der Waals surface area contributed by atoms with Crippen molar-refractivity contribution >= 4 is 50.9 Å². The highest BCUT2D eigenvalue weighted by molar-refractivity contribution is 9.10. The molecule has 3 aromatic carbocycles. The summed E-state index contributed by atoms with van der Waals surface area (Å²) < 4.78 is 0.859. The van der Waals surface area contributed by atoms with Gasteiger partial charge in [0, 0.05) is 47.2 Å². The fraction of sp³-hybridized carbons (Fsp3) is 0.310. The third-order valence-electron chi connectivity index (χ3n) is 7.42. The van der Waals surface area contributed by atoms with Crippen LogP contribution >= 0.6 is 39.1 Å². The number of β-amino-alcohol motifs (C(OH)–C–C–N with tert-alkyl or cyclic N) is 1. The van der Waals surface area contributed by atoms with E-state index in [1.54, 1.807) is 4.90 Å². The maximum absolute atomic E-state index is 13.2. The average Bonchev–Trinajstić information content (AvgIpc) is 3.34. The molecule has 2 saturated heterocycles. The molecule has 2 amide bonds. The molecule has 0 aliphatic carbocycles. The van der Waals surface area contributed by atoms with Crippen LogP contribution in [0.25, 0.3) is 0 Å². The zero-order valence-electron chi connectivity index (χ0n) is 20.7. The molecule has 0 saturated carbocycles. The van der Waals surface area contributed by atoms with Gasteiger partial charge in [-0.25, -0.2) is 0 Å². The van der Waals surface area contributed by atoms with Gasteiger partial charge >= 0.3 is 11.8 Å². The van der Waals surface area contributed by atoms with E-state index in [0.29, 0.717) is 49.2 Å². The minimum absolute atomic E-state index is 0.0312. The highest BCUT2D eigenvalue weighted by Crippen LogP contribution is 2.34. The van der Waals surface area contributed by atoms with E-state index in [1.165, 1.54) is 4.90 Å². The lowest BCUT2D eigenvalue weighted by Gasteiger charge is -2.40. The standard InChI is InChI=1S/C29H28BrCl2N3O3/c30-23-3-1-2-22(18-23)29(38)12-13-35(19-29)28(37)27(36)34-16-14-33(15-17-34)26(20-4-8-24(31)9-5-20)21-6-10-25(32)11-7-21/h1-11,18,26,38H,12-17,19H2. The van der Waals surface area contributed by atoms with Gasteiger partial charge in [0.2, 0.25) is 0 Å². The van der Waals surface area contributed by atoms with Crippen LogP contribution in [0.15, 0.2) is 77.3 Å². The van der Waals surface area contributed by atoms with Gasteiger partial charge in [-0.05, 0) is 59.5 Å². The van der Waals surface area contributed by atoms with Gasteiger partial charge < -0.3 is 14.9 Å². The van der Waals surface area contributed by atoms with E-state index in [9.17, 15) is 14.7 Å². The first kappa shape index (κ1) is 27.2. The zero-order valence-corrected chi connectivity index (χ0v) is 23.8. The van der Waals surface area contributed by atoms with Crippen molar-refractivity contribution in [1.82, 2.24) is 14.7 Å². The van der Waals surface area contributed by atoms with E-state index >= 15 is 0 Å². The summed E-state index contributed by atoms with van der Waals surface area (Å²) in [5, 5.41) is 12.5. The molecular weight excluding hydrogens is 589 g/mol. The lowest BCUT2D eigenvalue weighted by Crippen LogP contribution is -2.53. The number of hydrogen-bond donors (Lipinski definition) is 1. The maximum atomic E-state index is 13.2. The van der Waals surface area contributed by atoms with Gasteiger partial charge in [0.15, 0.2) is 0 Å². The molecule has 6 nitrogen and oxygen atoms in total. The molecular formula is C29H28BrCl2N3O3. The second-order valence-corrected chi connectivity index (χ2v) is 11.6. The highest BCUT2D eigenvalue weighted by Gasteiger charge is 2.42. The van der Waals surface area contributed by atoms with Gasteiger partial charge in [-0.2, -0.15) is 0 Å². The molecule has 9 heteroatoms. The molecule has 2 aliphatic heterocycles. The quantitative estimate of drug-likeness (QED) is 0.414. The van der Waals surface area contributed by atoms with Gasteiger partial charge in [-0.1, -0.05) is 75.5 Å². The van der Waals surface area contributed by atoms with Crippen LogP contribution in [0.4, 0.5) is 0 Å². The lowest BCUT2D eigenvalue weighted by atomic mass is 9.93. The van der Waals surface area contributed by atoms with Crippen LogP contribution in [-0.4, -0.2) is 70.9 Å². The summed E-state index contributed by atoms with van der Waals surface area (Å²) >= 11 is 15.7. The Kier molecular flexibility index (Phi) is 8.12. The van der Waals surface area contributed by atoms with Crippen molar-refractivity contribution in [3.8, 4) is 0 Å². The Morgan fingerprint density at radius 1 is 0.789 bits per heavy atom. The SMILES string of the molecule is O=C(C(=O)N1CCC(O)(c2cccc(Br)c2)C1)N1CCN(C(c2ccc(Cl)cc2)c2ccc(Cl)cc2)CC1. The summed E-state index contributed by atoms with van der Waals surface area (Å²) in [4.78, 5) is 31.7. The predicted molar refractivity (Wildman–Crippen MR) is 152 cm³/mol. The molecule has 2 heterocycles. The Hall–Kier alpha value is -2.42. The Morgan fingerprint density at radius 3 is 1.89 bits per heavy atom. The molecule has 0 aromatic heterocycles. The van der Waals surface area contributed by atoms with E-state index in [0.717, 1.165) is 21.2 Å². The number of amides is 2. The molecule has 5 rings (SSSR count). The second kappa shape index (κ2) is 11.4. The Balaban J connectivity index is 1.25. The fourth-order valence-corrected chi connectivity index (χ4v) is 5.99. The number of hydrogen-bond acceptors (Lipinski definition) is 4. The number of nitrogens with zero attached hydrogens (tertiary/aromatic N) is 3. The number of carbonyl (C=O) groups excluding carboxylic acids is 2. The van der Waals surface area contributed by atoms with Crippen molar-refractivity contribution in [2.75, 3.05) is 39.3 Å². The van der Waals surface area contributed by atoms with Crippen molar-refractivity contribution in [3.05, 3.63) is 104 Å². The molecule has 2 fully saturated rings. The van der Waals surface area contributed by atoms with Crippen molar-refractivity contribution < 1.29 is 14.7 Å². The van der Waals surface area contributed by atoms with E-state index in [1.807, 2.05) is 72.8 Å². The first-order chi connectivity index (χ1) is 18.2. The van der Waals surface area contributed by atoms with E-state index in [2.05, 4.69) is 20.8 Å². The number of piperazine rings is 1. The smallest absolute Gasteiger partial charge is 0.312 e. The maximum Gasteiger partial charge on any atom is 0.312 e. The third kappa shape index (κ3) is 5.77. The number of carbonyl (C=O) groups is 2. The highest BCUT2D eigenvalue weighted by atomic mass is 79.9. The number of halogens is 3. The predicted octanol–water partition coefficient (Wildman–Crippen LogP) is 5.11. The number of aliphatic hydroxyl groups is 1. The van der Waals surface area contributed by atoms with Crippen molar-refractivity contribution in [1.29, 1.82) is 0 Å². The second-order valence-electron chi connectivity index (χ2n) is 9.85. The molecule has 198 valence electrons. The van der Waals surface area contributed by atoms with Gasteiger partial charge in [-0.3, -0.25) is 14.5 Å². The van der Waals surface area contributed by atoms with E-state index in [4.69, 9.17) is 23.2 Å². The summed E-state index contributed by atoms with van der Waals surface area (Å²) in [6.45, 7) is 2.53. The Morgan fingerprint density at radius 2 is 1.34 bits per heavy atom. The topological polar surface area (TPSA) is 64.1 Å². The van der Waals surface area contributed by atoms with E-state index < -0.39 is 17.4 Å². The monoisotopic (exact) mass is 615 g/mol. The van der Waals surface area contributed by atoms with Gasteiger partial charge in [-0.15, -0.1) is 0 Å². The van der Waals surface area contributed by atoms with Crippen LogP contribution in [0.1, 0.15) is 29.2 Å². The zero-order chi connectivity index (χ0) is 26.9. The van der Waals surface area contributed by atoms with E-state index in [-0.39, 0.29) is 12.6 Å². The third-order valence-corrected chi connectivity index (χ3v) is 8.42. The van der Waals surface area contributed by atoms with Crippen LogP contribution in [0.2, 0.25) is 10.0 Å². The number of rotatable bonds is 4. The molecule has 1 N–H and O–H groups in total. The van der Waals surface area contributed by atoms with Crippen LogP contribution < -0.4 is 0 Å². The Bertz CT molecular complexity index is 1270. The number of likely N-dealkylation sites (tertiary alicyclic amines) is 1. The lowest BCUT2D eigenvalue weighted by molar-refractivity contribution is -0.152. The molecule has 3 aromatic rings. The molecule has 0 radical (unpaired) electrons. The Labute approximate surface area is 240 Å². The molecule has 1 unspecified atom stereocenters. The van der Waals surface area contributed by atoms with Crippen molar-refractivity contribution in [2.45, 2.75) is 18.1 Å². The largest absolute Gasteiger partial charge is 0.383 e. The van der Waals surface area contributed by atoms with Gasteiger partial charge in [0.25, 0.3) is 0 Å². The van der Waals surface area contributed by atoms with Crippen molar-refractivity contribution in [3.63, 3.8) is 0 Å². The summed E-state index contributed by atoms with van der Waals surface area (Å²) in [6.07, 6.45) is 0.389. The minimum atomic E-state index is -1.16. The molecule has 0 bridgehead atoms. The minimum Gasteiger partial charge on any atom is -0.383 e. The summed E-state index contributed by atoms with van der Waals surface area (Å²) in [5.74, 6) is -1.07.